The Morgan fingerprint density at radius 3 is 2.00 bits per heavy atom. The molecule has 0 fully saturated rings. The number of carboxylic acid groups (broad SMARTS) is 1. The third kappa shape index (κ3) is 9.94. The molecule has 3 nitrogen and oxygen atoms in total. The molecule has 0 aromatic rings. The molecule has 0 aromatic carbocycles. The molecule has 5 heteroatoms. The van der Waals surface area contributed by atoms with E-state index in [9.17, 15) is 4.79 Å². The van der Waals surface area contributed by atoms with E-state index in [-0.39, 0.29) is 4.70 Å². The van der Waals surface area contributed by atoms with Gasteiger partial charge in [-0.2, -0.15) is 0 Å². The van der Waals surface area contributed by atoms with Gasteiger partial charge in [-0.05, 0) is 0 Å². The van der Waals surface area contributed by atoms with Crippen LogP contribution in [0.4, 0.5) is 9.50 Å². The minimum absolute atomic E-state index is 0. The summed E-state index contributed by atoms with van der Waals surface area (Å²) in [7, 11) is 0.524. The van der Waals surface area contributed by atoms with Gasteiger partial charge in [0.15, 0.2) is 0 Å². The van der Waals surface area contributed by atoms with Gasteiger partial charge in [0.05, 0.1) is 0 Å². The number of hydrogen-bond acceptors (Lipinski definition) is 1. The van der Waals surface area contributed by atoms with Crippen molar-refractivity contribution in [2.45, 2.75) is 0 Å². The molecule has 0 bridgehead atoms. The fourth-order valence-electron chi connectivity index (χ4n) is 0. The molecular weight excluding hydrogens is 105 g/mol. The lowest BCUT2D eigenvalue weighted by atomic mass is 11.3. The van der Waals surface area contributed by atoms with Crippen molar-refractivity contribution in [1.82, 2.24) is 4.98 Å². The molecule has 0 spiro atoms. The van der Waals surface area contributed by atoms with E-state index >= 15 is 0 Å². The Hall–Kier alpha value is -0.583. The molecule has 38 valence electrons. The van der Waals surface area contributed by atoms with Gasteiger partial charge < -0.3 is 10.1 Å². The Labute approximate surface area is 37.2 Å². The Kier molecular flexibility index (Phi) is 6.66. The van der Waals surface area contributed by atoms with Crippen LogP contribution in [0.25, 0.3) is 0 Å². The minimum atomic E-state index is -0.934. The lowest BCUT2D eigenvalue weighted by Crippen LogP contribution is -2.15. The fourth-order valence-corrected chi connectivity index (χ4v) is 0. The first kappa shape index (κ1) is 9.05. The van der Waals surface area contributed by atoms with Crippen LogP contribution in [0.15, 0.2) is 0 Å². The normalized spacial score (nSPS) is 6.00. The third-order valence-electron chi connectivity index (χ3n) is 0.214. The quantitative estimate of drug-likeness (QED) is 0.381. The zero-order chi connectivity index (χ0) is 4.28. The van der Waals surface area contributed by atoms with E-state index in [1.165, 1.54) is 0 Å². The lowest BCUT2D eigenvalue weighted by Gasteiger charge is -1.79. The van der Waals surface area contributed by atoms with E-state index < -0.39 is 6.09 Å². The van der Waals surface area contributed by atoms with Gasteiger partial charge in [-0.3, -0.25) is 4.70 Å². The van der Waals surface area contributed by atoms with Gasteiger partial charge in [0.25, 0.3) is 0 Å². The Bertz CT molecular complexity index is 48.8. The molecule has 0 unspecified atom stereocenters. The number of nitrogens with one attached hydrogen (secondary N) is 1. The van der Waals surface area contributed by atoms with Crippen LogP contribution in [0, 0.1) is 0 Å². The first-order valence-corrected chi connectivity index (χ1v) is 2.18. The molecule has 0 heterocycles. The van der Waals surface area contributed by atoms with Crippen molar-refractivity contribution in [3.63, 3.8) is 0 Å². The van der Waals surface area contributed by atoms with Crippen LogP contribution in [-0.2, 0) is 0 Å². The standard InChI is InChI=1S/CH5NO2Si.FH/c3-1(4)2-5;/h2H,5H3,(H,3,4);1H. The lowest BCUT2D eigenvalue weighted by molar-refractivity contribution is 0.201. The third-order valence-corrected chi connectivity index (χ3v) is 0.642. The molecule has 2 N–H and O–H groups in total. The zero-order valence-corrected chi connectivity index (χ0v) is 5.26. The summed E-state index contributed by atoms with van der Waals surface area (Å²) in [4.78, 5) is 11.4. The van der Waals surface area contributed by atoms with Crippen LogP contribution < -0.4 is 4.98 Å². The highest BCUT2D eigenvalue weighted by Gasteiger charge is 1.76. The van der Waals surface area contributed by atoms with E-state index in [2.05, 4.69) is 4.98 Å². The Morgan fingerprint density at radius 1 is 1.83 bits per heavy atom. The second kappa shape index (κ2) is 4.42. The van der Waals surface area contributed by atoms with Crippen LogP contribution in [0.5, 0.6) is 0 Å². The van der Waals surface area contributed by atoms with Crippen molar-refractivity contribution < 1.29 is 14.6 Å². The highest BCUT2D eigenvalue weighted by molar-refractivity contribution is 6.12. The number of rotatable bonds is 0. The van der Waals surface area contributed by atoms with Crippen molar-refractivity contribution in [3.8, 4) is 0 Å². The molecule has 0 aliphatic rings. The smallest absolute Gasteiger partial charge is 0.395 e. The predicted octanol–water partition coefficient (Wildman–Crippen LogP) is -1.31. The average Bonchev–Trinajstić information content (AvgIpc) is 1.38. The topological polar surface area (TPSA) is 49.3 Å². The van der Waals surface area contributed by atoms with Crippen LogP contribution >= 0.6 is 0 Å². The van der Waals surface area contributed by atoms with Crippen molar-refractivity contribution in [2.24, 2.45) is 0 Å². The van der Waals surface area contributed by atoms with Gasteiger partial charge in [0.1, 0.15) is 10.4 Å². The van der Waals surface area contributed by atoms with Crippen molar-refractivity contribution in [1.29, 1.82) is 0 Å². The molecule has 0 aliphatic carbocycles. The van der Waals surface area contributed by atoms with Gasteiger partial charge in [-0.25, -0.2) is 4.79 Å². The molecule has 0 aromatic heterocycles. The molecule has 0 saturated heterocycles. The first-order valence-electron chi connectivity index (χ1n) is 1.18. The summed E-state index contributed by atoms with van der Waals surface area (Å²) in [6.07, 6.45) is -0.934. The van der Waals surface area contributed by atoms with Crippen LogP contribution in [0.2, 0.25) is 0 Å². The van der Waals surface area contributed by atoms with Gasteiger partial charge >= 0.3 is 6.09 Å². The second-order valence-corrected chi connectivity index (χ2v) is 1.06. The molecular formula is CH6FNO2Si. The summed E-state index contributed by atoms with van der Waals surface area (Å²) in [5.74, 6) is 0. The molecule has 0 radical (unpaired) electrons. The van der Waals surface area contributed by atoms with E-state index in [0.717, 1.165) is 0 Å². The summed E-state index contributed by atoms with van der Waals surface area (Å²) in [5, 5.41) is 7.65. The molecule has 0 rings (SSSR count). The van der Waals surface area contributed by atoms with Crippen molar-refractivity contribution in [3.05, 3.63) is 0 Å². The van der Waals surface area contributed by atoms with Gasteiger partial charge in [-0.1, -0.05) is 0 Å². The van der Waals surface area contributed by atoms with Crippen LogP contribution in [-0.4, -0.2) is 21.6 Å². The summed E-state index contributed by atoms with van der Waals surface area (Å²) < 4.78 is 0. The fraction of sp³-hybridized carbons (Fsp3) is 0. The number of amides is 1. The van der Waals surface area contributed by atoms with Gasteiger partial charge in [0, 0.05) is 0 Å². The van der Waals surface area contributed by atoms with Crippen LogP contribution in [0.1, 0.15) is 0 Å². The van der Waals surface area contributed by atoms with Crippen LogP contribution in [0.3, 0.4) is 0 Å². The monoisotopic (exact) mass is 111 g/mol. The van der Waals surface area contributed by atoms with Gasteiger partial charge in [0.2, 0.25) is 0 Å². The minimum Gasteiger partial charge on any atom is -0.466 e. The summed E-state index contributed by atoms with van der Waals surface area (Å²) >= 11 is 0. The van der Waals surface area contributed by atoms with Crippen molar-refractivity contribution in [2.75, 3.05) is 0 Å². The maximum atomic E-state index is 9.29. The second-order valence-electron chi connectivity index (χ2n) is 0.555. The SMILES string of the molecule is F.O=C(O)N[SiH3]. The largest absolute Gasteiger partial charge is 0.466 e. The number of halogens is 1. The summed E-state index contributed by atoms with van der Waals surface area (Å²) in [6.45, 7) is 0. The van der Waals surface area contributed by atoms with E-state index in [4.69, 9.17) is 5.11 Å². The maximum Gasteiger partial charge on any atom is 0.395 e. The van der Waals surface area contributed by atoms with E-state index in [0.29, 0.717) is 10.4 Å². The Morgan fingerprint density at radius 2 is 2.00 bits per heavy atom. The highest BCUT2D eigenvalue weighted by Crippen LogP contribution is 1.44. The summed E-state index contributed by atoms with van der Waals surface area (Å²) in [6, 6.07) is 0. The molecule has 0 saturated carbocycles. The van der Waals surface area contributed by atoms with Gasteiger partial charge in [-0.15, -0.1) is 0 Å². The molecule has 0 aliphatic heterocycles. The number of hydrogen-bond donors (Lipinski definition) is 2. The zero-order valence-electron chi connectivity index (χ0n) is 3.26. The Balaban J connectivity index is 0. The van der Waals surface area contributed by atoms with Crippen molar-refractivity contribution >= 4 is 16.5 Å². The molecule has 1 amide bonds. The van der Waals surface area contributed by atoms with E-state index in [1.54, 1.807) is 0 Å². The molecule has 6 heavy (non-hydrogen) atoms. The predicted molar refractivity (Wildman–Crippen MR) is 23.6 cm³/mol. The number of carbonyl (C=O) groups is 1. The average molecular weight is 111 g/mol. The first-order chi connectivity index (χ1) is 2.27. The van der Waals surface area contributed by atoms with E-state index in [1.807, 2.05) is 0 Å². The molecule has 0 atom stereocenters. The maximum absolute atomic E-state index is 9.29. The highest BCUT2D eigenvalue weighted by atomic mass is 28.2. The summed E-state index contributed by atoms with van der Waals surface area (Å²) in [5.41, 5.74) is 0.